The van der Waals surface area contributed by atoms with Crippen LogP contribution in [0.4, 0.5) is 0 Å². The Balaban J connectivity index is 1.62. The molecule has 0 bridgehead atoms. The van der Waals surface area contributed by atoms with Gasteiger partial charge in [0.15, 0.2) is 0 Å². The first kappa shape index (κ1) is 12.2. The molecular formula is C15H19N3O. The van der Waals surface area contributed by atoms with Gasteiger partial charge in [-0.2, -0.15) is 0 Å². The summed E-state index contributed by atoms with van der Waals surface area (Å²) in [4.78, 5) is 16.3. The highest BCUT2D eigenvalue weighted by Crippen LogP contribution is 2.26. The van der Waals surface area contributed by atoms with E-state index in [2.05, 4.69) is 20.9 Å². The summed E-state index contributed by atoms with van der Waals surface area (Å²) in [6.45, 7) is 0.673. The zero-order valence-corrected chi connectivity index (χ0v) is 11.2. The highest BCUT2D eigenvalue weighted by atomic mass is 16.1. The number of aryl methyl sites for hydroxylation is 1. The minimum absolute atomic E-state index is 0.213. The highest BCUT2D eigenvalue weighted by molar-refractivity contribution is 5.79. The first-order valence-corrected chi connectivity index (χ1v) is 6.94. The van der Waals surface area contributed by atoms with E-state index in [1.807, 2.05) is 25.2 Å². The molecule has 1 aliphatic carbocycles. The van der Waals surface area contributed by atoms with Gasteiger partial charge in [0.25, 0.3) is 0 Å². The lowest BCUT2D eigenvalue weighted by atomic mass is 9.85. The number of fused-ring (bicyclic) bond motifs is 1. The molecule has 1 heterocycles. The number of hydrogen-bond donors (Lipinski definition) is 1. The van der Waals surface area contributed by atoms with Gasteiger partial charge < -0.3 is 9.88 Å². The van der Waals surface area contributed by atoms with Gasteiger partial charge in [0, 0.05) is 25.9 Å². The van der Waals surface area contributed by atoms with E-state index in [1.165, 1.54) is 6.42 Å². The van der Waals surface area contributed by atoms with Crippen LogP contribution >= 0.6 is 0 Å². The normalized spacial score (nSPS) is 15.4. The lowest BCUT2D eigenvalue weighted by molar-refractivity contribution is -0.127. The summed E-state index contributed by atoms with van der Waals surface area (Å²) in [5.41, 5.74) is 2.16. The highest BCUT2D eigenvalue weighted by Gasteiger charge is 2.24. The van der Waals surface area contributed by atoms with E-state index >= 15 is 0 Å². The van der Waals surface area contributed by atoms with E-state index in [0.29, 0.717) is 6.54 Å². The van der Waals surface area contributed by atoms with Crippen LogP contribution < -0.4 is 5.32 Å². The van der Waals surface area contributed by atoms with Crippen LogP contribution in [-0.4, -0.2) is 22.0 Å². The van der Waals surface area contributed by atoms with E-state index < -0.39 is 0 Å². The summed E-state index contributed by atoms with van der Waals surface area (Å²) >= 11 is 0. The lowest BCUT2D eigenvalue weighted by Gasteiger charge is -2.23. The summed E-state index contributed by atoms with van der Waals surface area (Å²) in [6.07, 6.45) is 4.09. The van der Waals surface area contributed by atoms with Gasteiger partial charge in [-0.05, 0) is 25.0 Å². The molecule has 3 rings (SSSR count). The standard InChI is InChI=1S/C15H19N3O/c1-18-13-8-3-2-7-12(13)17-14(18)9-10-16-15(19)11-5-4-6-11/h2-3,7-8,11H,4-6,9-10H2,1H3,(H,16,19). The minimum atomic E-state index is 0.213. The maximum absolute atomic E-state index is 11.7. The first-order chi connectivity index (χ1) is 9.25. The third-order valence-corrected chi connectivity index (χ3v) is 4.00. The molecular weight excluding hydrogens is 238 g/mol. The van der Waals surface area contributed by atoms with Gasteiger partial charge >= 0.3 is 0 Å². The van der Waals surface area contributed by atoms with E-state index in [-0.39, 0.29) is 11.8 Å². The number of benzene rings is 1. The van der Waals surface area contributed by atoms with Crippen LogP contribution in [0.5, 0.6) is 0 Å². The maximum atomic E-state index is 11.7. The Bertz CT molecular complexity index is 598. The van der Waals surface area contributed by atoms with Crippen molar-refractivity contribution < 1.29 is 4.79 Å². The van der Waals surface area contributed by atoms with Gasteiger partial charge in [0.2, 0.25) is 5.91 Å². The van der Waals surface area contributed by atoms with Crippen molar-refractivity contribution in [3.8, 4) is 0 Å². The number of nitrogens with one attached hydrogen (secondary N) is 1. The fourth-order valence-corrected chi connectivity index (χ4v) is 2.53. The van der Waals surface area contributed by atoms with E-state index in [0.717, 1.165) is 36.1 Å². The maximum Gasteiger partial charge on any atom is 0.223 e. The number of imidazole rings is 1. The van der Waals surface area contributed by atoms with Crippen LogP contribution in [0.1, 0.15) is 25.1 Å². The third-order valence-electron chi connectivity index (χ3n) is 4.00. The number of para-hydroxylation sites is 2. The molecule has 0 unspecified atom stereocenters. The van der Waals surface area contributed by atoms with Crippen LogP contribution in [-0.2, 0) is 18.3 Å². The average molecular weight is 257 g/mol. The molecule has 1 aromatic heterocycles. The lowest BCUT2D eigenvalue weighted by Crippen LogP contribution is -2.35. The largest absolute Gasteiger partial charge is 0.355 e. The predicted octanol–water partition coefficient (Wildman–Crippen LogP) is 2.03. The Labute approximate surface area is 112 Å². The minimum Gasteiger partial charge on any atom is -0.355 e. The molecule has 1 fully saturated rings. The summed E-state index contributed by atoms with van der Waals surface area (Å²) < 4.78 is 2.10. The molecule has 0 spiro atoms. The molecule has 1 aliphatic rings. The van der Waals surface area contributed by atoms with Gasteiger partial charge in [-0.25, -0.2) is 4.98 Å². The molecule has 0 saturated heterocycles. The van der Waals surface area contributed by atoms with E-state index in [4.69, 9.17) is 0 Å². The van der Waals surface area contributed by atoms with Gasteiger partial charge in [-0.15, -0.1) is 0 Å². The third kappa shape index (κ3) is 2.35. The Morgan fingerprint density at radius 1 is 1.42 bits per heavy atom. The van der Waals surface area contributed by atoms with Gasteiger partial charge in [-0.3, -0.25) is 4.79 Å². The van der Waals surface area contributed by atoms with Crippen molar-refractivity contribution in [2.24, 2.45) is 13.0 Å². The predicted molar refractivity (Wildman–Crippen MR) is 74.8 cm³/mol. The monoisotopic (exact) mass is 257 g/mol. The van der Waals surface area contributed by atoms with E-state index in [1.54, 1.807) is 0 Å². The Kier molecular flexibility index (Phi) is 3.23. The molecule has 100 valence electrons. The van der Waals surface area contributed by atoms with Crippen molar-refractivity contribution in [3.05, 3.63) is 30.1 Å². The quantitative estimate of drug-likeness (QED) is 0.911. The zero-order valence-electron chi connectivity index (χ0n) is 11.2. The second-order valence-electron chi connectivity index (χ2n) is 5.24. The molecule has 0 aliphatic heterocycles. The second-order valence-corrected chi connectivity index (χ2v) is 5.24. The molecule has 4 heteroatoms. The molecule has 1 N–H and O–H groups in total. The molecule has 1 amide bonds. The average Bonchev–Trinajstić information content (AvgIpc) is 2.65. The number of rotatable bonds is 4. The summed E-state index contributed by atoms with van der Waals surface area (Å²) in [5, 5.41) is 3.01. The van der Waals surface area contributed by atoms with Gasteiger partial charge in [0.05, 0.1) is 11.0 Å². The van der Waals surface area contributed by atoms with E-state index in [9.17, 15) is 4.79 Å². The summed E-state index contributed by atoms with van der Waals surface area (Å²) in [5.74, 6) is 1.50. The smallest absolute Gasteiger partial charge is 0.223 e. The summed E-state index contributed by atoms with van der Waals surface area (Å²) in [7, 11) is 2.03. The first-order valence-electron chi connectivity index (χ1n) is 6.94. The number of hydrogen-bond acceptors (Lipinski definition) is 2. The van der Waals surface area contributed by atoms with Crippen molar-refractivity contribution in [2.45, 2.75) is 25.7 Å². The Morgan fingerprint density at radius 2 is 2.21 bits per heavy atom. The van der Waals surface area contributed by atoms with Crippen molar-refractivity contribution in [3.63, 3.8) is 0 Å². The van der Waals surface area contributed by atoms with Crippen molar-refractivity contribution >= 4 is 16.9 Å². The fraction of sp³-hybridized carbons (Fsp3) is 0.467. The Hall–Kier alpha value is -1.84. The van der Waals surface area contributed by atoms with Crippen LogP contribution in [0.25, 0.3) is 11.0 Å². The van der Waals surface area contributed by atoms with Crippen LogP contribution in [0.15, 0.2) is 24.3 Å². The number of aromatic nitrogens is 2. The molecule has 0 radical (unpaired) electrons. The molecule has 1 aromatic carbocycles. The molecule has 0 atom stereocenters. The van der Waals surface area contributed by atoms with Crippen molar-refractivity contribution in [1.82, 2.24) is 14.9 Å². The van der Waals surface area contributed by atoms with Crippen LogP contribution in [0.2, 0.25) is 0 Å². The topological polar surface area (TPSA) is 46.9 Å². The number of carbonyl (C=O) groups excluding carboxylic acids is 1. The van der Waals surface area contributed by atoms with Crippen molar-refractivity contribution in [2.75, 3.05) is 6.54 Å². The Morgan fingerprint density at radius 3 is 2.89 bits per heavy atom. The van der Waals surface area contributed by atoms with Gasteiger partial charge in [0.1, 0.15) is 5.82 Å². The summed E-state index contributed by atoms with van der Waals surface area (Å²) in [6, 6.07) is 8.11. The molecule has 1 saturated carbocycles. The second kappa shape index (κ2) is 5.03. The van der Waals surface area contributed by atoms with Gasteiger partial charge in [-0.1, -0.05) is 18.6 Å². The SMILES string of the molecule is Cn1c(CCNC(=O)C2CCC2)nc2ccccc21. The number of nitrogens with zero attached hydrogens (tertiary/aromatic N) is 2. The number of carbonyl (C=O) groups is 1. The van der Waals surface area contributed by atoms with Crippen molar-refractivity contribution in [1.29, 1.82) is 0 Å². The van der Waals surface area contributed by atoms with Crippen LogP contribution in [0.3, 0.4) is 0 Å². The number of amides is 1. The molecule has 19 heavy (non-hydrogen) atoms. The fourth-order valence-electron chi connectivity index (χ4n) is 2.53. The molecule has 2 aromatic rings. The van der Waals surface area contributed by atoms with Crippen LogP contribution in [0, 0.1) is 5.92 Å². The zero-order chi connectivity index (χ0) is 13.2. The molecule has 4 nitrogen and oxygen atoms in total.